The fourth-order valence-corrected chi connectivity index (χ4v) is 6.60. The second-order valence-corrected chi connectivity index (χ2v) is 11.0. The van der Waals surface area contributed by atoms with Gasteiger partial charge in [0.15, 0.2) is 0 Å². The van der Waals surface area contributed by atoms with Gasteiger partial charge in [0.1, 0.15) is 12.4 Å². The molecule has 0 bridgehead atoms. The molecule has 0 amide bonds. The van der Waals surface area contributed by atoms with Gasteiger partial charge in [-0.25, -0.2) is 0 Å². The number of hydrogen-bond acceptors (Lipinski definition) is 2. The van der Waals surface area contributed by atoms with Crippen LogP contribution in [0.5, 0.6) is 5.75 Å². The summed E-state index contributed by atoms with van der Waals surface area (Å²) in [6, 6.07) is 24.1. The minimum atomic E-state index is 0.528. The molecule has 0 N–H and O–H groups in total. The molecular weight excluding hydrogens is 445 g/mol. The number of rotatable bonds is 8. The maximum absolute atomic E-state index is 6.64. The molecule has 3 heteroatoms. The van der Waals surface area contributed by atoms with Crippen molar-refractivity contribution in [3.63, 3.8) is 0 Å². The number of para-hydroxylation sites is 1. The zero-order chi connectivity index (χ0) is 23.9. The maximum atomic E-state index is 6.64. The molecular formula is C32H36NOP. The average molecular weight is 482 g/mol. The first-order valence-corrected chi connectivity index (χ1v) is 14.0. The van der Waals surface area contributed by atoms with Gasteiger partial charge in [0.25, 0.3) is 0 Å². The smallest absolute Gasteiger partial charge is 0.130 e. The third-order valence-electron chi connectivity index (χ3n) is 7.08. The van der Waals surface area contributed by atoms with E-state index in [0.29, 0.717) is 21.1 Å². The molecule has 1 heterocycles. The van der Waals surface area contributed by atoms with Gasteiger partial charge in [-0.3, -0.25) is 0 Å². The van der Waals surface area contributed by atoms with Crippen LogP contribution in [0.15, 0.2) is 91.0 Å². The van der Waals surface area contributed by atoms with E-state index in [4.69, 9.17) is 4.74 Å². The van der Waals surface area contributed by atoms with Crippen molar-refractivity contribution in [2.24, 2.45) is 5.92 Å². The molecule has 0 saturated carbocycles. The van der Waals surface area contributed by atoms with E-state index in [-0.39, 0.29) is 0 Å². The highest BCUT2D eigenvalue weighted by Crippen LogP contribution is 2.32. The first-order chi connectivity index (χ1) is 17.3. The second kappa shape index (κ2) is 11.7. The van der Waals surface area contributed by atoms with Gasteiger partial charge in [-0.2, -0.15) is 0 Å². The molecule has 3 aromatic carbocycles. The van der Waals surface area contributed by atoms with E-state index in [1.165, 1.54) is 65.3 Å². The number of aryl methyl sites for hydroxylation is 1. The Bertz CT molecular complexity index is 1180. The summed E-state index contributed by atoms with van der Waals surface area (Å²) in [6.07, 6.45) is 15.0. The van der Waals surface area contributed by atoms with Crippen molar-refractivity contribution >= 4 is 24.9 Å². The minimum absolute atomic E-state index is 0.528. The summed E-state index contributed by atoms with van der Waals surface area (Å²) in [4.78, 5) is 2.60. The Morgan fingerprint density at radius 3 is 2.51 bits per heavy atom. The molecule has 2 atom stereocenters. The number of benzene rings is 3. The van der Waals surface area contributed by atoms with Gasteiger partial charge in [-0.05, 0) is 67.7 Å². The third-order valence-corrected chi connectivity index (χ3v) is 8.64. The molecule has 1 aliphatic heterocycles. The van der Waals surface area contributed by atoms with Gasteiger partial charge in [0.2, 0.25) is 0 Å². The summed E-state index contributed by atoms with van der Waals surface area (Å²) in [5, 5.41) is 2.79. The van der Waals surface area contributed by atoms with Crippen molar-refractivity contribution in [3.05, 3.63) is 108 Å². The van der Waals surface area contributed by atoms with E-state index in [1.807, 2.05) is 0 Å². The largest absolute Gasteiger partial charge is 0.488 e. The summed E-state index contributed by atoms with van der Waals surface area (Å²) in [6.45, 7) is 5.20. The minimum Gasteiger partial charge on any atom is -0.488 e. The van der Waals surface area contributed by atoms with Crippen LogP contribution in [-0.4, -0.2) is 13.1 Å². The van der Waals surface area contributed by atoms with Crippen LogP contribution < -0.4 is 20.2 Å². The number of hydrogen-bond donors (Lipinski definition) is 0. The van der Waals surface area contributed by atoms with E-state index in [1.54, 1.807) is 0 Å². The van der Waals surface area contributed by atoms with Crippen molar-refractivity contribution < 1.29 is 4.74 Å². The Morgan fingerprint density at radius 2 is 1.71 bits per heavy atom. The molecule has 1 saturated heterocycles. The quantitative estimate of drug-likeness (QED) is 0.326. The SMILES string of the molecule is Cc1cccc(N2CCCCC2)c1Pc1cccc(CC2C=CC=CC2)c1OCc1ccccc1. The van der Waals surface area contributed by atoms with Crippen molar-refractivity contribution in [1.82, 2.24) is 0 Å². The lowest BCUT2D eigenvalue weighted by Crippen LogP contribution is -2.33. The van der Waals surface area contributed by atoms with E-state index >= 15 is 0 Å². The van der Waals surface area contributed by atoms with Crippen molar-refractivity contribution in [3.8, 4) is 5.75 Å². The van der Waals surface area contributed by atoms with E-state index in [0.717, 1.165) is 18.6 Å². The summed E-state index contributed by atoms with van der Waals surface area (Å²) >= 11 is 0. The third kappa shape index (κ3) is 6.06. The Labute approximate surface area is 212 Å². The normalized spacial score (nSPS) is 17.9. The van der Waals surface area contributed by atoms with Crippen LogP contribution >= 0.6 is 8.58 Å². The lowest BCUT2D eigenvalue weighted by atomic mass is 9.93. The van der Waals surface area contributed by atoms with E-state index in [9.17, 15) is 0 Å². The van der Waals surface area contributed by atoms with Crippen LogP contribution in [0.3, 0.4) is 0 Å². The van der Waals surface area contributed by atoms with Gasteiger partial charge in [0.05, 0.1) is 0 Å². The molecule has 35 heavy (non-hydrogen) atoms. The molecule has 0 spiro atoms. The van der Waals surface area contributed by atoms with Gasteiger partial charge >= 0.3 is 0 Å². The molecule has 2 nitrogen and oxygen atoms in total. The number of anilines is 1. The van der Waals surface area contributed by atoms with Gasteiger partial charge in [0, 0.05) is 29.4 Å². The molecule has 1 fully saturated rings. The van der Waals surface area contributed by atoms with Crippen LogP contribution in [0.2, 0.25) is 0 Å². The van der Waals surface area contributed by atoms with Crippen molar-refractivity contribution in [1.29, 1.82) is 0 Å². The molecule has 0 aromatic heterocycles. The van der Waals surface area contributed by atoms with Crippen LogP contribution in [0.4, 0.5) is 5.69 Å². The molecule has 1 aliphatic carbocycles. The second-order valence-electron chi connectivity index (χ2n) is 9.72. The van der Waals surface area contributed by atoms with E-state index in [2.05, 4.69) is 103 Å². The molecule has 180 valence electrons. The first kappa shape index (κ1) is 23.9. The number of piperidine rings is 1. The highest BCUT2D eigenvalue weighted by atomic mass is 31.1. The Kier molecular flexibility index (Phi) is 8.01. The summed E-state index contributed by atoms with van der Waals surface area (Å²) in [5.74, 6) is 1.62. The fourth-order valence-electron chi connectivity index (χ4n) is 5.16. The highest BCUT2D eigenvalue weighted by Gasteiger charge is 2.19. The van der Waals surface area contributed by atoms with Crippen LogP contribution in [-0.2, 0) is 13.0 Å². The highest BCUT2D eigenvalue weighted by molar-refractivity contribution is 7.56. The lowest BCUT2D eigenvalue weighted by Gasteiger charge is -2.31. The van der Waals surface area contributed by atoms with Gasteiger partial charge in [-0.1, -0.05) is 93.5 Å². The topological polar surface area (TPSA) is 12.5 Å². The lowest BCUT2D eigenvalue weighted by molar-refractivity contribution is 0.304. The molecule has 0 radical (unpaired) electrons. The zero-order valence-electron chi connectivity index (χ0n) is 20.7. The molecule has 2 aliphatic rings. The number of allylic oxidation sites excluding steroid dienone is 4. The predicted octanol–water partition coefficient (Wildman–Crippen LogP) is 6.87. The predicted molar refractivity (Wildman–Crippen MR) is 152 cm³/mol. The van der Waals surface area contributed by atoms with Crippen LogP contribution in [0, 0.1) is 12.8 Å². The Morgan fingerprint density at radius 1 is 0.886 bits per heavy atom. The number of ether oxygens (including phenoxy) is 1. The van der Waals surface area contributed by atoms with Crippen LogP contribution in [0.1, 0.15) is 42.4 Å². The Hall–Kier alpha value is -2.83. The summed E-state index contributed by atoms with van der Waals surface area (Å²) in [7, 11) is 0.575. The number of nitrogens with zero attached hydrogens (tertiary/aromatic N) is 1. The maximum Gasteiger partial charge on any atom is 0.130 e. The van der Waals surface area contributed by atoms with Crippen LogP contribution in [0.25, 0.3) is 0 Å². The van der Waals surface area contributed by atoms with Gasteiger partial charge in [-0.15, -0.1) is 0 Å². The summed E-state index contributed by atoms with van der Waals surface area (Å²) < 4.78 is 6.64. The fraction of sp³-hybridized carbons (Fsp3) is 0.312. The molecule has 5 rings (SSSR count). The first-order valence-electron chi connectivity index (χ1n) is 13.0. The zero-order valence-corrected chi connectivity index (χ0v) is 21.7. The standard InChI is InChI=1S/C32H36NOP/c1-25-13-11-19-29(33-21-9-4-10-22-33)32(25)35-30-20-12-18-28(23-26-14-5-2-6-15-26)31(30)34-24-27-16-7-3-8-17-27/h2-3,5-8,11-14,16-20,26,35H,4,9-10,15,21-24H2,1H3. The van der Waals surface area contributed by atoms with Gasteiger partial charge < -0.3 is 9.64 Å². The van der Waals surface area contributed by atoms with Crippen molar-refractivity contribution in [2.75, 3.05) is 18.0 Å². The molecule has 3 aromatic rings. The average Bonchev–Trinajstić information content (AvgIpc) is 2.91. The Balaban J connectivity index is 1.47. The monoisotopic (exact) mass is 481 g/mol. The summed E-state index contributed by atoms with van der Waals surface area (Å²) in [5.41, 5.74) is 5.33. The molecule has 2 unspecified atom stereocenters. The van der Waals surface area contributed by atoms with E-state index < -0.39 is 0 Å². The van der Waals surface area contributed by atoms with Crippen molar-refractivity contribution in [2.45, 2.75) is 45.6 Å².